The summed E-state index contributed by atoms with van der Waals surface area (Å²) in [7, 11) is 1.61. The molecule has 0 bridgehead atoms. The first kappa shape index (κ1) is 20.3. The maximum Gasteiger partial charge on any atom is 0.335 e. The fourth-order valence-electron chi connectivity index (χ4n) is 4.33. The molecule has 1 saturated heterocycles. The van der Waals surface area contributed by atoms with Crippen molar-refractivity contribution in [1.29, 1.82) is 0 Å². The van der Waals surface area contributed by atoms with Gasteiger partial charge in [-0.1, -0.05) is 12.1 Å². The molecule has 1 atom stereocenters. The van der Waals surface area contributed by atoms with Gasteiger partial charge in [-0.25, -0.2) is 13.6 Å². The van der Waals surface area contributed by atoms with E-state index >= 15 is 0 Å². The van der Waals surface area contributed by atoms with Crippen molar-refractivity contribution < 1.29 is 23.4 Å². The zero-order chi connectivity index (χ0) is 21.5. The topological polar surface area (TPSA) is 65.6 Å². The molecule has 30 heavy (non-hydrogen) atoms. The molecule has 1 aliphatic heterocycles. The molecule has 158 valence electrons. The van der Waals surface area contributed by atoms with Crippen LogP contribution in [0.2, 0.25) is 0 Å². The van der Waals surface area contributed by atoms with E-state index in [1.807, 2.05) is 30.2 Å². The van der Waals surface area contributed by atoms with E-state index in [0.717, 1.165) is 27.8 Å². The number of hydrogen-bond acceptors (Lipinski definition) is 3. The summed E-state index contributed by atoms with van der Waals surface area (Å²) >= 11 is 0. The van der Waals surface area contributed by atoms with Gasteiger partial charge in [0, 0.05) is 54.6 Å². The van der Waals surface area contributed by atoms with Crippen LogP contribution < -0.4 is 4.74 Å². The maximum atomic E-state index is 14.3. The number of rotatable bonds is 5. The molecule has 2 aromatic carbocycles. The average Bonchev–Trinajstić information content (AvgIpc) is 3.21. The number of benzene rings is 2. The van der Waals surface area contributed by atoms with Crippen molar-refractivity contribution in [2.45, 2.75) is 38.3 Å². The predicted molar refractivity (Wildman–Crippen MR) is 110 cm³/mol. The number of methoxy groups -OCH3 is 1. The molecule has 5 nitrogen and oxygen atoms in total. The molecule has 1 aliphatic rings. The molecule has 0 radical (unpaired) electrons. The van der Waals surface area contributed by atoms with Gasteiger partial charge in [-0.05, 0) is 42.3 Å². The van der Waals surface area contributed by atoms with Gasteiger partial charge < -0.3 is 14.8 Å². The SMILES string of the molecule is COc1cc(C)c2[nH]ccc2c1CN1CCC(F)(F)C[C@H]1c1ccc(C(=O)O)cc1. The Morgan fingerprint density at radius 1 is 1.30 bits per heavy atom. The van der Waals surface area contributed by atoms with Crippen LogP contribution in [0.1, 0.15) is 45.9 Å². The number of nitrogens with one attached hydrogen (secondary N) is 1. The van der Waals surface area contributed by atoms with Gasteiger partial charge in [0.15, 0.2) is 0 Å². The summed E-state index contributed by atoms with van der Waals surface area (Å²) in [5.41, 5.74) is 3.85. The number of carbonyl (C=O) groups is 1. The molecule has 7 heteroatoms. The summed E-state index contributed by atoms with van der Waals surface area (Å²) in [5, 5.41) is 10.1. The number of aryl methyl sites for hydroxylation is 1. The first-order chi connectivity index (χ1) is 14.3. The Balaban J connectivity index is 1.72. The monoisotopic (exact) mass is 414 g/mol. The van der Waals surface area contributed by atoms with E-state index in [2.05, 4.69) is 4.98 Å². The molecule has 1 fully saturated rings. The summed E-state index contributed by atoms with van der Waals surface area (Å²) < 4.78 is 34.2. The number of aromatic amines is 1. The number of H-pyrrole nitrogens is 1. The third kappa shape index (κ3) is 3.77. The Morgan fingerprint density at radius 3 is 2.70 bits per heavy atom. The fraction of sp³-hybridized carbons (Fsp3) is 0.348. The normalized spacial score (nSPS) is 19.1. The third-order valence-electron chi connectivity index (χ3n) is 5.93. The van der Waals surface area contributed by atoms with Gasteiger partial charge in [0.2, 0.25) is 0 Å². The minimum atomic E-state index is -2.76. The van der Waals surface area contributed by atoms with Crippen LogP contribution in [-0.4, -0.2) is 40.5 Å². The smallest absolute Gasteiger partial charge is 0.335 e. The minimum Gasteiger partial charge on any atom is -0.496 e. The fourth-order valence-corrected chi connectivity index (χ4v) is 4.33. The van der Waals surface area contributed by atoms with Crippen LogP contribution in [-0.2, 0) is 6.54 Å². The van der Waals surface area contributed by atoms with Gasteiger partial charge in [-0.3, -0.25) is 4.90 Å². The molecule has 0 amide bonds. The van der Waals surface area contributed by atoms with Crippen LogP contribution in [0.25, 0.3) is 10.9 Å². The molecular weight excluding hydrogens is 390 g/mol. The number of aromatic carboxylic acids is 1. The summed E-state index contributed by atoms with van der Waals surface area (Å²) in [6, 6.07) is 9.65. The van der Waals surface area contributed by atoms with E-state index in [-0.39, 0.29) is 24.9 Å². The predicted octanol–water partition coefficient (Wildman–Crippen LogP) is 5.16. The lowest BCUT2D eigenvalue weighted by molar-refractivity contribution is -0.0815. The van der Waals surface area contributed by atoms with Crippen LogP contribution in [0.4, 0.5) is 8.78 Å². The second-order valence-electron chi connectivity index (χ2n) is 7.86. The quantitative estimate of drug-likeness (QED) is 0.606. The van der Waals surface area contributed by atoms with Crippen molar-refractivity contribution in [3.63, 3.8) is 0 Å². The first-order valence-corrected chi connectivity index (χ1v) is 9.88. The molecule has 0 spiro atoms. The van der Waals surface area contributed by atoms with Gasteiger partial charge in [0.1, 0.15) is 5.75 Å². The molecule has 1 aromatic heterocycles. The number of aromatic nitrogens is 1. The van der Waals surface area contributed by atoms with Crippen molar-refractivity contribution in [2.75, 3.05) is 13.7 Å². The van der Waals surface area contributed by atoms with E-state index in [9.17, 15) is 13.6 Å². The molecule has 0 saturated carbocycles. The van der Waals surface area contributed by atoms with Crippen LogP contribution >= 0.6 is 0 Å². The largest absolute Gasteiger partial charge is 0.496 e. The Hall–Kier alpha value is -2.93. The third-order valence-corrected chi connectivity index (χ3v) is 5.93. The maximum absolute atomic E-state index is 14.3. The molecule has 2 heterocycles. The number of carboxylic acid groups (broad SMARTS) is 1. The highest BCUT2D eigenvalue weighted by atomic mass is 19.3. The second kappa shape index (κ2) is 7.72. The number of ether oxygens (including phenoxy) is 1. The average molecular weight is 414 g/mol. The van der Waals surface area contributed by atoms with Gasteiger partial charge in [0.25, 0.3) is 5.92 Å². The number of halogens is 2. The molecule has 0 aliphatic carbocycles. The zero-order valence-corrected chi connectivity index (χ0v) is 16.9. The summed E-state index contributed by atoms with van der Waals surface area (Å²) in [6.07, 6.45) is 1.36. The summed E-state index contributed by atoms with van der Waals surface area (Å²) in [5.74, 6) is -3.06. The van der Waals surface area contributed by atoms with Crippen molar-refractivity contribution in [2.24, 2.45) is 0 Å². The van der Waals surface area contributed by atoms with Gasteiger partial charge in [-0.15, -0.1) is 0 Å². The highest BCUT2D eigenvalue weighted by Gasteiger charge is 2.41. The Bertz CT molecular complexity index is 1080. The lowest BCUT2D eigenvalue weighted by atomic mass is 9.91. The molecule has 0 unspecified atom stereocenters. The number of likely N-dealkylation sites (tertiary alicyclic amines) is 1. The molecular formula is C23H24F2N2O3. The van der Waals surface area contributed by atoms with Gasteiger partial charge in [0.05, 0.1) is 12.7 Å². The van der Waals surface area contributed by atoms with Crippen molar-refractivity contribution in [3.05, 3.63) is 64.8 Å². The number of hydrogen-bond donors (Lipinski definition) is 2. The lowest BCUT2D eigenvalue weighted by Gasteiger charge is -2.40. The standard InChI is InChI=1S/C23H24F2N2O3/c1-14-11-20(30-2)18(17-7-9-26-21(14)17)13-27-10-8-23(24,25)12-19(27)15-3-5-16(6-4-15)22(28)29/h3-7,9,11,19,26H,8,10,12-13H2,1-2H3,(H,28,29)/t19-/m0/s1. The molecule has 2 N–H and O–H groups in total. The van der Waals surface area contributed by atoms with Gasteiger partial charge >= 0.3 is 5.97 Å². The molecule has 4 rings (SSSR count). The number of fused-ring (bicyclic) bond motifs is 1. The van der Waals surface area contributed by atoms with E-state index < -0.39 is 17.9 Å². The lowest BCUT2D eigenvalue weighted by Crippen LogP contribution is -2.41. The number of nitrogens with zero attached hydrogens (tertiary/aromatic N) is 1. The van der Waals surface area contributed by atoms with Crippen molar-refractivity contribution >= 4 is 16.9 Å². The minimum absolute atomic E-state index is 0.141. The second-order valence-corrected chi connectivity index (χ2v) is 7.86. The zero-order valence-electron chi connectivity index (χ0n) is 16.9. The van der Waals surface area contributed by atoms with E-state index in [0.29, 0.717) is 12.1 Å². The van der Waals surface area contributed by atoms with E-state index in [1.54, 1.807) is 19.2 Å². The van der Waals surface area contributed by atoms with Crippen molar-refractivity contribution in [1.82, 2.24) is 9.88 Å². The summed E-state index contributed by atoms with van der Waals surface area (Å²) in [4.78, 5) is 16.4. The number of alkyl halides is 2. The van der Waals surface area contributed by atoms with E-state index in [1.165, 1.54) is 12.1 Å². The van der Waals surface area contributed by atoms with Crippen LogP contribution in [0.5, 0.6) is 5.75 Å². The van der Waals surface area contributed by atoms with Crippen molar-refractivity contribution in [3.8, 4) is 5.75 Å². The van der Waals surface area contributed by atoms with Crippen LogP contribution in [0.15, 0.2) is 42.6 Å². The molecule has 3 aromatic rings. The highest BCUT2D eigenvalue weighted by Crippen LogP contribution is 2.42. The highest BCUT2D eigenvalue weighted by molar-refractivity contribution is 5.88. The number of carboxylic acids is 1. The Labute approximate surface area is 173 Å². The summed E-state index contributed by atoms with van der Waals surface area (Å²) in [6.45, 7) is 2.69. The van der Waals surface area contributed by atoms with Crippen LogP contribution in [0, 0.1) is 6.92 Å². The Kier molecular flexibility index (Phi) is 5.24. The first-order valence-electron chi connectivity index (χ1n) is 9.88. The van der Waals surface area contributed by atoms with Gasteiger partial charge in [-0.2, -0.15) is 0 Å². The Morgan fingerprint density at radius 2 is 2.03 bits per heavy atom. The number of piperidine rings is 1. The van der Waals surface area contributed by atoms with E-state index in [4.69, 9.17) is 9.84 Å². The van der Waals surface area contributed by atoms with Crippen LogP contribution in [0.3, 0.4) is 0 Å².